The van der Waals surface area contributed by atoms with Gasteiger partial charge in [0.15, 0.2) is 0 Å². The van der Waals surface area contributed by atoms with Gasteiger partial charge in [-0.25, -0.2) is 0 Å². The first-order valence-corrected chi connectivity index (χ1v) is 12.2. The van der Waals surface area contributed by atoms with Crippen molar-refractivity contribution in [1.82, 2.24) is 0 Å². The molecule has 1 aliphatic rings. The summed E-state index contributed by atoms with van der Waals surface area (Å²) in [6.45, 7) is 9.95. The molecule has 0 aliphatic heterocycles. The summed E-state index contributed by atoms with van der Waals surface area (Å²) < 4.78 is 0. The number of aliphatic hydroxyl groups is 1. The summed E-state index contributed by atoms with van der Waals surface area (Å²) in [5, 5.41) is 10.3. The van der Waals surface area contributed by atoms with E-state index in [1.165, 1.54) is 44.1 Å². The number of carbonyl (C=O) groups is 1. The van der Waals surface area contributed by atoms with Crippen molar-refractivity contribution in [3.8, 4) is 0 Å². The molecule has 0 heterocycles. The summed E-state index contributed by atoms with van der Waals surface area (Å²) in [6.07, 6.45) is 24.2. The van der Waals surface area contributed by atoms with Gasteiger partial charge in [0.25, 0.3) is 0 Å². The highest BCUT2D eigenvalue weighted by atomic mass is 16.3. The molecule has 1 unspecified atom stereocenters. The van der Waals surface area contributed by atoms with Crippen LogP contribution in [-0.4, -0.2) is 17.0 Å². The van der Waals surface area contributed by atoms with E-state index in [2.05, 4.69) is 44.2 Å². The van der Waals surface area contributed by atoms with Crippen molar-refractivity contribution in [3.05, 3.63) is 36.0 Å². The third-order valence-electron chi connectivity index (χ3n) is 5.79. The molecule has 0 aromatic rings. The molecule has 0 radical (unpaired) electrons. The minimum atomic E-state index is -0.120. The zero-order chi connectivity index (χ0) is 21.9. The van der Waals surface area contributed by atoms with E-state index in [-0.39, 0.29) is 11.9 Å². The average Bonchev–Trinajstić information content (AvgIpc) is 3.05. The van der Waals surface area contributed by atoms with Crippen LogP contribution in [0.2, 0.25) is 0 Å². The number of carbonyl (C=O) groups excluding carboxylic acids is 1. The van der Waals surface area contributed by atoms with Gasteiger partial charge in [-0.3, -0.25) is 0 Å². The summed E-state index contributed by atoms with van der Waals surface area (Å²) in [6, 6.07) is 0. The van der Waals surface area contributed by atoms with Gasteiger partial charge in [-0.1, -0.05) is 76.0 Å². The predicted molar refractivity (Wildman–Crippen MR) is 128 cm³/mol. The maximum absolute atomic E-state index is 11.0. The Morgan fingerprint density at radius 2 is 1.79 bits per heavy atom. The topological polar surface area (TPSA) is 37.3 Å². The van der Waals surface area contributed by atoms with Crippen molar-refractivity contribution in [2.24, 2.45) is 11.8 Å². The summed E-state index contributed by atoms with van der Waals surface area (Å²) in [5.74, 6) is 1.40. The first kappa shape index (κ1) is 27.8. The lowest BCUT2D eigenvalue weighted by molar-refractivity contribution is -0.117. The van der Waals surface area contributed by atoms with E-state index in [0.29, 0.717) is 18.3 Å². The number of allylic oxidation sites excluding steroid dienone is 6. The maximum atomic E-state index is 11.0. The molecule has 1 aliphatic carbocycles. The lowest BCUT2D eigenvalue weighted by atomic mass is 9.87. The van der Waals surface area contributed by atoms with E-state index >= 15 is 0 Å². The third-order valence-corrected chi connectivity index (χ3v) is 5.79. The van der Waals surface area contributed by atoms with Crippen LogP contribution in [0.3, 0.4) is 0 Å². The van der Waals surface area contributed by atoms with E-state index in [9.17, 15) is 9.90 Å². The molecule has 1 saturated carbocycles. The number of ketones is 1. The van der Waals surface area contributed by atoms with Gasteiger partial charge in [-0.15, -0.1) is 0 Å². The Bertz CT molecular complexity index is 487. The maximum Gasteiger partial charge on any atom is 0.129 e. The molecule has 1 N–H and O–H groups in total. The Morgan fingerprint density at radius 1 is 1.03 bits per heavy atom. The number of Topliss-reactive ketones (excluding diaryl/α,β-unsaturated/α-hetero) is 1. The molecule has 0 aromatic carbocycles. The van der Waals surface area contributed by atoms with E-state index in [1.54, 1.807) is 6.92 Å². The van der Waals surface area contributed by atoms with Crippen molar-refractivity contribution in [2.75, 3.05) is 0 Å². The Balaban J connectivity index is 0.00000379. The molecule has 0 saturated heterocycles. The summed E-state index contributed by atoms with van der Waals surface area (Å²) in [5.41, 5.74) is 1.48. The van der Waals surface area contributed by atoms with Crippen molar-refractivity contribution in [2.45, 2.75) is 118 Å². The van der Waals surface area contributed by atoms with E-state index in [4.69, 9.17) is 0 Å². The zero-order valence-electron chi connectivity index (χ0n) is 20.0. The van der Waals surface area contributed by atoms with Crippen LogP contribution in [0, 0.1) is 11.8 Å². The van der Waals surface area contributed by atoms with Gasteiger partial charge in [-0.05, 0) is 77.0 Å². The minimum Gasteiger partial charge on any atom is -0.393 e. The molecule has 168 valence electrons. The highest BCUT2D eigenvalue weighted by Gasteiger charge is 2.33. The number of rotatable bonds is 14. The minimum absolute atomic E-state index is 0.120. The number of aliphatic hydroxyl groups excluding tert-OH is 1. The largest absolute Gasteiger partial charge is 0.393 e. The van der Waals surface area contributed by atoms with Crippen LogP contribution in [0.4, 0.5) is 0 Å². The van der Waals surface area contributed by atoms with Crippen molar-refractivity contribution >= 4 is 5.78 Å². The summed E-state index contributed by atoms with van der Waals surface area (Å²) >= 11 is 0. The third kappa shape index (κ3) is 13.7. The molecule has 3 atom stereocenters. The molecule has 2 nitrogen and oxygen atoms in total. The van der Waals surface area contributed by atoms with Crippen LogP contribution >= 0.6 is 0 Å². The molecule has 2 heteroatoms. The van der Waals surface area contributed by atoms with Crippen molar-refractivity contribution in [1.29, 1.82) is 0 Å². The molecular formula is C27H48O2. The second-order valence-corrected chi connectivity index (χ2v) is 8.16. The fourth-order valence-corrected chi connectivity index (χ4v) is 4.32. The standard InChI is InChI=1S/C25H42O2.C2H6/c1-4-13-22(14-5-2)16-10-8-11-17-23-19-20-25(27)24(23)18-12-7-6-9-15-21(3)26;1-2/h4,7,12-14,23-25,27H,5-6,8-11,15-20H2,1-3H3;1-2H3/b12-7-,13-4-,22-14+;/t23?,24-,25+;/m1./s1. The first-order chi connectivity index (χ1) is 14.1. The monoisotopic (exact) mass is 404 g/mol. The van der Waals surface area contributed by atoms with Crippen molar-refractivity contribution in [3.63, 3.8) is 0 Å². The summed E-state index contributed by atoms with van der Waals surface area (Å²) in [4.78, 5) is 11.0. The fourth-order valence-electron chi connectivity index (χ4n) is 4.32. The lowest BCUT2D eigenvalue weighted by Gasteiger charge is -2.20. The molecule has 1 rings (SSSR count). The van der Waals surface area contributed by atoms with Crippen LogP contribution in [0.15, 0.2) is 36.0 Å². The van der Waals surface area contributed by atoms with Crippen LogP contribution in [0.25, 0.3) is 0 Å². The second-order valence-electron chi connectivity index (χ2n) is 8.16. The highest BCUT2D eigenvalue weighted by Crippen LogP contribution is 2.38. The normalized spacial score (nSPS) is 22.3. The smallest absolute Gasteiger partial charge is 0.129 e. The molecule has 29 heavy (non-hydrogen) atoms. The van der Waals surface area contributed by atoms with Gasteiger partial charge in [0.2, 0.25) is 0 Å². The van der Waals surface area contributed by atoms with E-state index < -0.39 is 0 Å². The van der Waals surface area contributed by atoms with E-state index in [0.717, 1.165) is 32.1 Å². The predicted octanol–water partition coefficient (Wildman–Crippen LogP) is 7.97. The Hall–Kier alpha value is -1.15. The highest BCUT2D eigenvalue weighted by molar-refractivity contribution is 5.75. The molecule has 0 aromatic heterocycles. The fraction of sp³-hybridized carbons (Fsp3) is 0.741. The van der Waals surface area contributed by atoms with Crippen molar-refractivity contribution < 1.29 is 9.90 Å². The molecule has 0 amide bonds. The first-order valence-electron chi connectivity index (χ1n) is 12.2. The van der Waals surface area contributed by atoms with Gasteiger partial charge in [0.05, 0.1) is 6.10 Å². The zero-order valence-corrected chi connectivity index (χ0v) is 20.0. The number of hydrogen-bond donors (Lipinski definition) is 1. The average molecular weight is 405 g/mol. The number of hydrogen-bond acceptors (Lipinski definition) is 2. The van der Waals surface area contributed by atoms with Crippen LogP contribution in [0.5, 0.6) is 0 Å². The van der Waals surface area contributed by atoms with Crippen LogP contribution in [0.1, 0.15) is 112 Å². The van der Waals surface area contributed by atoms with Gasteiger partial charge in [-0.2, -0.15) is 0 Å². The quantitative estimate of drug-likeness (QED) is 0.181. The van der Waals surface area contributed by atoms with Gasteiger partial charge < -0.3 is 9.90 Å². The SMILES string of the molecule is C/C=C\C(=C/CC)CCCCCC1CC[C@H](O)[C@@H]1C/C=C\CCCC(C)=O.CC. The summed E-state index contributed by atoms with van der Waals surface area (Å²) in [7, 11) is 0. The molecule has 0 bridgehead atoms. The Morgan fingerprint density at radius 3 is 2.45 bits per heavy atom. The van der Waals surface area contributed by atoms with Gasteiger partial charge >= 0.3 is 0 Å². The molecular weight excluding hydrogens is 356 g/mol. The van der Waals surface area contributed by atoms with E-state index in [1.807, 2.05) is 13.8 Å². The lowest BCUT2D eigenvalue weighted by Crippen LogP contribution is -2.18. The Kier molecular flexibility index (Phi) is 18.1. The van der Waals surface area contributed by atoms with Crippen LogP contribution in [-0.2, 0) is 4.79 Å². The van der Waals surface area contributed by atoms with Gasteiger partial charge in [0.1, 0.15) is 5.78 Å². The second kappa shape index (κ2) is 18.9. The Labute approximate surface area is 181 Å². The molecule has 0 spiro atoms. The van der Waals surface area contributed by atoms with Crippen LogP contribution < -0.4 is 0 Å². The van der Waals surface area contributed by atoms with Gasteiger partial charge in [0, 0.05) is 6.42 Å². The number of unbranched alkanes of at least 4 members (excludes halogenated alkanes) is 3. The molecule has 1 fully saturated rings.